The van der Waals surface area contributed by atoms with Crippen molar-refractivity contribution in [1.82, 2.24) is 4.90 Å². The number of carboxylic acid groups (broad SMARTS) is 1. The first-order valence-electron chi connectivity index (χ1n) is 8.32. The Kier molecular flexibility index (Phi) is 6.57. The number of carboxylic acids is 1. The van der Waals surface area contributed by atoms with Gasteiger partial charge in [-0.2, -0.15) is 0 Å². The summed E-state index contributed by atoms with van der Waals surface area (Å²) in [6, 6.07) is 15.0. The number of likely N-dealkylation sites (N-methyl/N-ethyl adjacent to an activating group) is 1. The average Bonchev–Trinajstić information content (AvgIpc) is 2.62. The summed E-state index contributed by atoms with van der Waals surface area (Å²) < 4.78 is 27.4. The maximum atomic E-state index is 13.1. The summed E-state index contributed by atoms with van der Waals surface area (Å²) in [4.78, 5) is 24.1. The van der Waals surface area contributed by atoms with Crippen molar-refractivity contribution in [2.75, 3.05) is 24.4 Å². The summed E-state index contributed by atoms with van der Waals surface area (Å²) in [7, 11) is -2.50. The SMILES string of the molecule is Cc1ccc(S(=O)(=O)N(CCC(=O)N(C)CC(=O)O)c2ccccc2)cc1. The van der Waals surface area contributed by atoms with Crippen LogP contribution in [0.4, 0.5) is 5.69 Å². The third-order valence-electron chi connectivity index (χ3n) is 3.98. The molecule has 2 rings (SSSR count). The molecule has 0 aromatic heterocycles. The van der Waals surface area contributed by atoms with Gasteiger partial charge in [0.1, 0.15) is 6.54 Å². The van der Waals surface area contributed by atoms with Gasteiger partial charge in [-0.1, -0.05) is 35.9 Å². The first kappa shape index (κ1) is 20.4. The molecule has 0 heterocycles. The number of sulfonamides is 1. The zero-order valence-corrected chi connectivity index (χ0v) is 16.0. The molecule has 0 saturated carbocycles. The third-order valence-corrected chi connectivity index (χ3v) is 5.82. The van der Waals surface area contributed by atoms with Gasteiger partial charge in [0, 0.05) is 20.0 Å². The van der Waals surface area contributed by atoms with Gasteiger partial charge < -0.3 is 10.0 Å². The van der Waals surface area contributed by atoms with Crippen LogP contribution in [0.1, 0.15) is 12.0 Å². The first-order chi connectivity index (χ1) is 12.7. The number of carbonyl (C=O) groups excluding carboxylic acids is 1. The van der Waals surface area contributed by atoms with Crippen molar-refractivity contribution < 1.29 is 23.1 Å². The molecule has 27 heavy (non-hydrogen) atoms. The highest BCUT2D eigenvalue weighted by atomic mass is 32.2. The van der Waals surface area contributed by atoms with Crippen LogP contribution in [-0.2, 0) is 19.6 Å². The molecular weight excluding hydrogens is 368 g/mol. The number of aliphatic carboxylic acids is 1. The van der Waals surface area contributed by atoms with E-state index >= 15 is 0 Å². The number of amides is 1. The zero-order valence-electron chi connectivity index (χ0n) is 15.2. The fourth-order valence-electron chi connectivity index (χ4n) is 2.50. The van der Waals surface area contributed by atoms with E-state index in [2.05, 4.69) is 0 Å². The molecular formula is C19H22N2O5S. The molecule has 0 atom stereocenters. The number of nitrogens with zero attached hydrogens (tertiary/aromatic N) is 2. The summed E-state index contributed by atoms with van der Waals surface area (Å²) >= 11 is 0. The van der Waals surface area contributed by atoms with Crippen molar-refractivity contribution in [3.05, 3.63) is 60.2 Å². The number of hydrogen-bond donors (Lipinski definition) is 1. The number of para-hydroxylation sites is 1. The maximum absolute atomic E-state index is 13.1. The lowest BCUT2D eigenvalue weighted by Crippen LogP contribution is -2.37. The van der Waals surface area contributed by atoms with Gasteiger partial charge in [0.15, 0.2) is 0 Å². The van der Waals surface area contributed by atoms with Gasteiger partial charge >= 0.3 is 5.97 Å². The van der Waals surface area contributed by atoms with E-state index in [0.29, 0.717) is 5.69 Å². The Hall–Kier alpha value is -2.87. The van der Waals surface area contributed by atoms with Gasteiger partial charge in [-0.05, 0) is 31.2 Å². The van der Waals surface area contributed by atoms with E-state index < -0.39 is 28.4 Å². The van der Waals surface area contributed by atoms with Crippen LogP contribution in [0.3, 0.4) is 0 Å². The number of benzene rings is 2. The maximum Gasteiger partial charge on any atom is 0.323 e. The molecule has 0 fully saturated rings. The van der Waals surface area contributed by atoms with Crippen LogP contribution < -0.4 is 4.31 Å². The second-order valence-electron chi connectivity index (χ2n) is 6.12. The van der Waals surface area contributed by atoms with Gasteiger partial charge in [0.25, 0.3) is 10.0 Å². The molecule has 0 radical (unpaired) electrons. The zero-order chi connectivity index (χ0) is 20.0. The van der Waals surface area contributed by atoms with Crippen LogP contribution in [0.2, 0.25) is 0 Å². The van der Waals surface area contributed by atoms with Gasteiger partial charge in [-0.15, -0.1) is 0 Å². The second kappa shape index (κ2) is 8.68. The lowest BCUT2D eigenvalue weighted by atomic mass is 10.2. The van der Waals surface area contributed by atoms with Crippen LogP contribution >= 0.6 is 0 Å². The molecule has 0 spiro atoms. The topological polar surface area (TPSA) is 95.0 Å². The third kappa shape index (κ3) is 5.30. The number of aryl methyl sites for hydroxylation is 1. The van der Waals surface area contributed by atoms with E-state index in [1.54, 1.807) is 42.5 Å². The highest BCUT2D eigenvalue weighted by Gasteiger charge is 2.26. The smallest absolute Gasteiger partial charge is 0.323 e. The van der Waals surface area contributed by atoms with E-state index in [0.717, 1.165) is 10.5 Å². The summed E-state index contributed by atoms with van der Waals surface area (Å²) in [5, 5.41) is 8.79. The Morgan fingerprint density at radius 3 is 2.15 bits per heavy atom. The molecule has 0 aliphatic rings. The molecule has 8 heteroatoms. The predicted molar refractivity (Wildman–Crippen MR) is 102 cm³/mol. The second-order valence-corrected chi connectivity index (χ2v) is 7.98. The van der Waals surface area contributed by atoms with E-state index in [4.69, 9.17) is 5.11 Å². The predicted octanol–water partition coefficient (Wildman–Crippen LogP) is 2.12. The quantitative estimate of drug-likeness (QED) is 0.745. The van der Waals surface area contributed by atoms with Crippen molar-refractivity contribution >= 4 is 27.6 Å². The standard InChI is InChI=1S/C19H22N2O5S/c1-15-8-10-17(11-9-15)27(25,26)21(16-6-4-3-5-7-16)13-12-18(22)20(2)14-19(23)24/h3-11H,12-14H2,1-2H3,(H,23,24). The van der Waals surface area contributed by atoms with Gasteiger partial charge in [-0.3, -0.25) is 13.9 Å². The molecule has 2 aromatic rings. The van der Waals surface area contributed by atoms with E-state index in [-0.39, 0.29) is 17.9 Å². The lowest BCUT2D eigenvalue weighted by Gasteiger charge is -2.25. The Balaban J connectivity index is 2.28. The minimum absolute atomic E-state index is 0.0942. The van der Waals surface area contributed by atoms with Crippen LogP contribution in [0.15, 0.2) is 59.5 Å². The Morgan fingerprint density at radius 2 is 1.59 bits per heavy atom. The Bertz CT molecular complexity index is 895. The van der Waals surface area contributed by atoms with Crippen LogP contribution in [-0.4, -0.2) is 50.4 Å². The molecule has 0 saturated heterocycles. The van der Waals surface area contributed by atoms with Crippen molar-refractivity contribution in [1.29, 1.82) is 0 Å². The highest BCUT2D eigenvalue weighted by molar-refractivity contribution is 7.92. The molecule has 0 aliphatic heterocycles. The first-order valence-corrected chi connectivity index (χ1v) is 9.76. The number of anilines is 1. The van der Waals surface area contributed by atoms with Crippen molar-refractivity contribution in [2.45, 2.75) is 18.2 Å². The summed E-state index contributed by atoms with van der Waals surface area (Å²) in [5.74, 6) is -1.57. The normalized spacial score (nSPS) is 11.0. The fraction of sp³-hybridized carbons (Fsp3) is 0.263. The number of carbonyl (C=O) groups is 2. The van der Waals surface area contributed by atoms with E-state index in [9.17, 15) is 18.0 Å². The summed E-state index contributed by atoms with van der Waals surface area (Å²) in [6.07, 6.45) is -0.135. The average molecular weight is 390 g/mol. The molecule has 0 bridgehead atoms. The van der Waals surface area contributed by atoms with Crippen LogP contribution in [0.25, 0.3) is 0 Å². The van der Waals surface area contributed by atoms with Crippen molar-refractivity contribution in [2.24, 2.45) is 0 Å². The molecule has 1 amide bonds. The van der Waals surface area contributed by atoms with Crippen LogP contribution in [0.5, 0.6) is 0 Å². The Morgan fingerprint density at radius 1 is 1.00 bits per heavy atom. The van der Waals surface area contributed by atoms with Crippen molar-refractivity contribution in [3.8, 4) is 0 Å². The monoisotopic (exact) mass is 390 g/mol. The van der Waals surface area contributed by atoms with E-state index in [1.165, 1.54) is 23.5 Å². The molecule has 7 nitrogen and oxygen atoms in total. The van der Waals surface area contributed by atoms with Gasteiger partial charge in [0.05, 0.1) is 10.6 Å². The molecule has 144 valence electrons. The van der Waals surface area contributed by atoms with Gasteiger partial charge in [-0.25, -0.2) is 8.42 Å². The summed E-state index contributed by atoms with van der Waals surface area (Å²) in [6.45, 7) is 1.33. The van der Waals surface area contributed by atoms with Gasteiger partial charge in [0.2, 0.25) is 5.91 Å². The number of hydrogen-bond acceptors (Lipinski definition) is 4. The van der Waals surface area contributed by atoms with Crippen LogP contribution in [0, 0.1) is 6.92 Å². The highest BCUT2D eigenvalue weighted by Crippen LogP contribution is 2.24. The van der Waals surface area contributed by atoms with E-state index in [1.807, 2.05) is 6.92 Å². The minimum Gasteiger partial charge on any atom is -0.480 e. The fourth-order valence-corrected chi connectivity index (χ4v) is 3.96. The lowest BCUT2D eigenvalue weighted by molar-refractivity contribution is -0.143. The molecule has 0 unspecified atom stereocenters. The number of rotatable bonds is 8. The minimum atomic E-state index is -3.87. The molecule has 0 aliphatic carbocycles. The largest absolute Gasteiger partial charge is 0.480 e. The molecule has 1 N–H and O–H groups in total. The molecule has 2 aromatic carbocycles. The Labute approximate surface area is 158 Å². The summed E-state index contributed by atoms with van der Waals surface area (Å²) in [5.41, 5.74) is 1.37. The van der Waals surface area contributed by atoms with Crippen molar-refractivity contribution in [3.63, 3.8) is 0 Å².